The molecule has 0 aliphatic carbocycles. The van der Waals surface area contributed by atoms with E-state index in [1.54, 1.807) is 24.3 Å². The lowest BCUT2D eigenvalue weighted by Crippen LogP contribution is -2.29. The number of nitrogens with zero attached hydrogens (tertiary/aromatic N) is 3. The van der Waals surface area contributed by atoms with Crippen LogP contribution in [-0.2, 0) is 6.54 Å². The van der Waals surface area contributed by atoms with E-state index < -0.39 is 17.5 Å². The topological polar surface area (TPSA) is 76.3 Å². The first-order chi connectivity index (χ1) is 13.0. The Labute approximate surface area is 153 Å². The van der Waals surface area contributed by atoms with Crippen LogP contribution in [0.2, 0.25) is 0 Å². The van der Waals surface area contributed by atoms with E-state index in [0.717, 1.165) is 18.3 Å². The second kappa shape index (κ2) is 7.86. The number of halogens is 2. The number of rotatable bonds is 5. The highest BCUT2D eigenvalue weighted by Gasteiger charge is 2.16. The molecule has 0 saturated heterocycles. The van der Waals surface area contributed by atoms with Gasteiger partial charge in [0, 0.05) is 11.9 Å². The van der Waals surface area contributed by atoms with Gasteiger partial charge in [0.05, 0.1) is 17.2 Å². The van der Waals surface area contributed by atoms with Crippen molar-refractivity contribution in [2.24, 2.45) is 5.10 Å². The maximum Gasteiger partial charge on any atom is 0.292 e. The van der Waals surface area contributed by atoms with Crippen molar-refractivity contribution >= 4 is 22.9 Å². The number of hydrogen-bond donors (Lipinski definition) is 1. The molecule has 3 rings (SSSR count). The van der Waals surface area contributed by atoms with Gasteiger partial charge in [-0.1, -0.05) is 31.2 Å². The first kappa shape index (κ1) is 18.4. The van der Waals surface area contributed by atoms with Gasteiger partial charge in [-0.2, -0.15) is 10.2 Å². The molecule has 1 amide bonds. The fraction of sp³-hybridized carbons (Fsp3) is 0.158. The van der Waals surface area contributed by atoms with Crippen LogP contribution >= 0.6 is 0 Å². The summed E-state index contributed by atoms with van der Waals surface area (Å²) in [5, 5.41) is 8.46. The normalized spacial score (nSPS) is 11.2. The summed E-state index contributed by atoms with van der Waals surface area (Å²) in [4.78, 5) is 24.9. The van der Waals surface area contributed by atoms with Gasteiger partial charge in [-0.15, -0.1) is 0 Å². The second-order valence-electron chi connectivity index (χ2n) is 5.76. The van der Waals surface area contributed by atoms with Crippen LogP contribution in [0.3, 0.4) is 0 Å². The number of aromatic nitrogens is 2. The Morgan fingerprint density at radius 2 is 1.81 bits per heavy atom. The van der Waals surface area contributed by atoms with E-state index in [0.29, 0.717) is 23.7 Å². The summed E-state index contributed by atoms with van der Waals surface area (Å²) < 4.78 is 28.4. The number of benzene rings is 2. The SMILES string of the molecule is CCCn1nc(C(=O)N/N=C/c2c(F)cccc2F)c2ccccc2c1=O. The summed E-state index contributed by atoms with van der Waals surface area (Å²) in [5.74, 6) is -2.29. The quantitative estimate of drug-likeness (QED) is 0.554. The maximum absolute atomic E-state index is 13.6. The summed E-state index contributed by atoms with van der Waals surface area (Å²) in [6, 6.07) is 10.00. The van der Waals surface area contributed by atoms with Crippen molar-refractivity contribution in [2.45, 2.75) is 19.9 Å². The lowest BCUT2D eigenvalue weighted by atomic mass is 10.1. The summed E-state index contributed by atoms with van der Waals surface area (Å²) >= 11 is 0. The average Bonchev–Trinajstić information content (AvgIpc) is 2.66. The Morgan fingerprint density at radius 1 is 1.15 bits per heavy atom. The van der Waals surface area contributed by atoms with E-state index in [1.807, 2.05) is 6.92 Å². The second-order valence-corrected chi connectivity index (χ2v) is 5.76. The van der Waals surface area contributed by atoms with Gasteiger partial charge in [0.25, 0.3) is 11.5 Å². The molecule has 1 aromatic heterocycles. The van der Waals surface area contributed by atoms with Crippen LogP contribution < -0.4 is 11.0 Å². The molecule has 0 unspecified atom stereocenters. The third-order valence-electron chi connectivity index (χ3n) is 3.88. The van der Waals surface area contributed by atoms with E-state index in [-0.39, 0.29) is 16.8 Å². The predicted molar refractivity (Wildman–Crippen MR) is 97.7 cm³/mol. The minimum Gasteiger partial charge on any atom is -0.267 e. The summed E-state index contributed by atoms with van der Waals surface area (Å²) in [6.45, 7) is 2.24. The highest BCUT2D eigenvalue weighted by atomic mass is 19.1. The van der Waals surface area contributed by atoms with Gasteiger partial charge < -0.3 is 0 Å². The zero-order chi connectivity index (χ0) is 19.4. The Balaban J connectivity index is 1.95. The van der Waals surface area contributed by atoms with Gasteiger partial charge in [-0.05, 0) is 24.6 Å². The third-order valence-corrected chi connectivity index (χ3v) is 3.88. The number of amides is 1. The van der Waals surface area contributed by atoms with Crippen molar-refractivity contribution in [3.63, 3.8) is 0 Å². The van der Waals surface area contributed by atoms with Crippen LogP contribution in [-0.4, -0.2) is 21.9 Å². The monoisotopic (exact) mass is 370 g/mol. The fourth-order valence-electron chi connectivity index (χ4n) is 2.61. The summed E-state index contributed by atoms with van der Waals surface area (Å²) in [6.07, 6.45) is 1.55. The Kier molecular flexibility index (Phi) is 5.35. The molecule has 0 bridgehead atoms. The first-order valence-corrected chi connectivity index (χ1v) is 8.30. The van der Waals surface area contributed by atoms with Crippen LogP contribution in [0, 0.1) is 11.6 Å². The highest BCUT2D eigenvalue weighted by Crippen LogP contribution is 2.13. The molecule has 2 aromatic carbocycles. The molecule has 0 saturated carbocycles. The van der Waals surface area contributed by atoms with Crippen LogP contribution in [0.15, 0.2) is 52.4 Å². The van der Waals surface area contributed by atoms with E-state index in [2.05, 4.69) is 15.6 Å². The lowest BCUT2D eigenvalue weighted by molar-refractivity contribution is 0.0949. The van der Waals surface area contributed by atoms with E-state index >= 15 is 0 Å². The maximum atomic E-state index is 13.6. The molecular formula is C19H16F2N4O2. The largest absolute Gasteiger partial charge is 0.292 e. The van der Waals surface area contributed by atoms with Crippen LogP contribution in [0.4, 0.5) is 8.78 Å². The highest BCUT2D eigenvalue weighted by molar-refractivity contribution is 6.04. The molecule has 0 radical (unpaired) electrons. The molecule has 1 heterocycles. The minimum atomic E-state index is -0.798. The number of fused-ring (bicyclic) bond motifs is 1. The molecule has 8 heteroatoms. The van der Waals surface area contributed by atoms with Gasteiger partial charge >= 0.3 is 0 Å². The summed E-state index contributed by atoms with van der Waals surface area (Å²) in [5.41, 5.74) is 1.55. The number of carbonyl (C=O) groups is 1. The number of aryl methyl sites for hydroxylation is 1. The Morgan fingerprint density at radius 3 is 2.48 bits per heavy atom. The minimum absolute atomic E-state index is 0.00445. The van der Waals surface area contributed by atoms with Gasteiger partial charge in [-0.3, -0.25) is 9.59 Å². The van der Waals surface area contributed by atoms with Crippen molar-refractivity contribution in [1.29, 1.82) is 0 Å². The van der Waals surface area contributed by atoms with E-state index in [1.165, 1.54) is 10.7 Å². The molecule has 27 heavy (non-hydrogen) atoms. The molecule has 0 spiro atoms. The van der Waals surface area contributed by atoms with Crippen molar-refractivity contribution in [3.05, 3.63) is 75.7 Å². The summed E-state index contributed by atoms with van der Waals surface area (Å²) in [7, 11) is 0. The van der Waals surface area contributed by atoms with Crippen molar-refractivity contribution < 1.29 is 13.6 Å². The van der Waals surface area contributed by atoms with Gasteiger partial charge in [0.2, 0.25) is 0 Å². The van der Waals surface area contributed by atoms with Crippen molar-refractivity contribution in [3.8, 4) is 0 Å². The number of nitrogens with one attached hydrogen (secondary N) is 1. The van der Waals surface area contributed by atoms with Crippen molar-refractivity contribution in [1.82, 2.24) is 15.2 Å². The molecule has 3 aromatic rings. The smallest absolute Gasteiger partial charge is 0.267 e. The molecule has 138 valence electrons. The number of carbonyl (C=O) groups excluding carboxylic acids is 1. The van der Waals surface area contributed by atoms with Crippen LogP contribution in [0.1, 0.15) is 29.4 Å². The van der Waals surface area contributed by atoms with Crippen LogP contribution in [0.25, 0.3) is 10.8 Å². The average molecular weight is 370 g/mol. The molecule has 0 aliphatic heterocycles. The van der Waals surface area contributed by atoms with Crippen molar-refractivity contribution in [2.75, 3.05) is 0 Å². The molecule has 1 N–H and O–H groups in total. The zero-order valence-corrected chi connectivity index (χ0v) is 14.4. The number of hydrazone groups is 1. The lowest BCUT2D eigenvalue weighted by Gasteiger charge is -2.09. The molecule has 0 fully saturated rings. The van der Waals surface area contributed by atoms with Gasteiger partial charge in [-0.25, -0.2) is 18.9 Å². The first-order valence-electron chi connectivity index (χ1n) is 8.30. The van der Waals surface area contributed by atoms with E-state index in [4.69, 9.17) is 0 Å². The Bertz CT molecular complexity index is 1070. The molecule has 0 atom stereocenters. The van der Waals surface area contributed by atoms with Crippen LogP contribution in [0.5, 0.6) is 0 Å². The molecular weight excluding hydrogens is 354 g/mol. The number of hydrogen-bond acceptors (Lipinski definition) is 4. The third kappa shape index (κ3) is 3.74. The molecule has 6 nitrogen and oxygen atoms in total. The van der Waals surface area contributed by atoms with E-state index in [9.17, 15) is 18.4 Å². The standard InChI is InChI=1S/C19H16F2N4O2/c1-2-10-25-19(27)13-7-4-3-6-12(13)17(24-25)18(26)23-22-11-14-15(20)8-5-9-16(14)21/h3-9,11H,2,10H2,1H3,(H,23,26)/b22-11+. The predicted octanol–water partition coefficient (Wildman–Crippen LogP) is 2.85. The van der Waals surface area contributed by atoms with Gasteiger partial charge in [0.15, 0.2) is 5.69 Å². The Hall–Kier alpha value is -3.42. The fourth-order valence-corrected chi connectivity index (χ4v) is 2.61. The van der Waals surface area contributed by atoms with Gasteiger partial charge in [0.1, 0.15) is 11.6 Å². The zero-order valence-electron chi connectivity index (χ0n) is 14.4. The molecule has 0 aliphatic rings.